The van der Waals surface area contributed by atoms with Crippen LogP contribution in [0.2, 0.25) is 5.02 Å². The summed E-state index contributed by atoms with van der Waals surface area (Å²) in [6.07, 6.45) is 0.359. The van der Waals surface area contributed by atoms with Crippen molar-refractivity contribution in [1.29, 1.82) is 0 Å². The monoisotopic (exact) mass is 283 g/mol. The maximum Gasteiger partial charge on any atom is 0.334 e. The van der Waals surface area contributed by atoms with Gasteiger partial charge >= 0.3 is 5.97 Å². The molecule has 0 spiro atoms. The number of ether oxygens (including phenoxy) is 2. The summed E-state index contributed by atoms with van der Waals surface area (Å²) in [6.45, 7) is 4.58. The van der Waals surface area contributed by atoms with Gasteiger partial charge in [-0.25, -0.2) is 4.79 Å². The first-order valence-corrected chi connectivity index (χ1v) is 6.79. The lowest BCUT2D eigenvalue weighted by Crippen LogP contribution is -2.52. The van der Waals surface area contributed by atoms with Gasteiger partial charge in [-0.3, -0.25) is 0 Å². The highest BCUT2D eigenvalue weighted by Gasteiger charge is 2.49. The zero-order chi connectivity index (χ0) is 13.9. The lowest BCUT2D eigenvalue weighted by atomic mass is 9.91. The minimum Gasteiger partial charge on any atom is -0.464 e. The van der Waals surface area contributed by atoms with Gasteiger partial charge in [-0.1, -0.05) is 11.6 Å². The van der Waals surface area contributed by atoms with Crippen molar-refractivity contribution in [1.82, 2.24) is 0 Å². The Kier molecular flexibility index (Phi) is 4.32. The molecule has 2 unspecified atom stereocenters. The van der Waals surface area contributed by atoms with E-state index in [2.05, 4.69) is 5.32 Å². The number of benzene rings is 1. The molecule has 1 aliphatic heterocycles. The number of esters is 1. The molecule has 104 valence electrons. The fraction of sp³-hybridized carbons (Fsp3) is 0.500. The molecule has 0 amide bonds. The molecule has 1 saturated heterocycles. The van der Waals surface area contributed by atoms with Gasteiger partial charge in [-0.05, 0) is 38.1 Å². The molecule has 0 bridgehead atoms. The summed E-state index contributed by atoms with van der Waals surface area (Å²) in [5.74, 6) is -0.269. The van der Waals surface area contributed by atoms with Gasteiger partial charge in [-0.15, -0.1) is 0 Å². The van der Waals surface area contributed by atoms with E-state index in [1.54, 1.807) is 19.1 Å². The van der Waals surface area contributed by atoms with Gasteiger partial charge in [-0.2, -0.15) is 0 Å². The fourth-order valence-electron chi connectivity index (χ4n) is 2.28. The average Bonchev–Trinajstić information content (AvgIpc) is 2.75. The Labute approximate surface area is 118 Å². The highest BCUT2D eigenvalue weighted by atomic mass is 35.5. The van der Waals surface area contributed by atoms with Gasteiger partial charge in [0, 0.05) is 23.7 Å². The lowest BCUT2D eigenvalue weighted by Gasteiger charge is -2.31. The molecule has 19 heavy (non-hydrogen) atoms. The first-order valence-electron chi connectivity index (χ1n) is 6.41. The smallest absolute Gasteiger partial charge is 0.334 e. The maximum absolute atomic E-state index is 12.3. The van der Waals surface area contributed by atoms with E-state index >= 15 is 0 Å². The zero-order valence-electron chi connectivity index (χ0n) is 11.1. The van der Waals surface area contributed by atoms with E-state index in [1.807, 2.05) is 19.1 Å². The Hall–Kier alpha value is -1.26. The van der Waals surface area contributed by atoms with Crippen LogP contribution < -0.4 is 5.32 Å². The van der Waals surface area contributed by atoms with E-state index in [0.717, 1.165) is 5.69 Å². The van der Waals surface area contributed by atoms with Crippen molar-refractivity contribution in [3.63, 3.8) is 0 Å². The van der Waals surface area contributed by atoms with E-state index in [4.69, 9.17) is 21.1 Å². The number of hydrogen-bond acceptors (Lipinski definition) is 4. The zero-order valence-corrected chi connectivity index (χ0v) is 11.9. The summed E-state index contributed by atoms with van der Waals surface area (Å²) < 4.78 is 10.7. The summed E-state index contributed by atoms with van der Waals surface area (Å²) >= 11 is 5.86. The first kappa shape index (κ1) is 14.2. The number of halogens is 1. The second kappa shape index (κ2) is 5.80. The van der Waals surface area contributed by atoms with Crippen molar-refractivity contribution < 1.29 is 14.3 Å². The Balaban J connectivity index is 2.23. The summed E-state index contributed by atoms with van der Waals surface area (Å²) in [4.78, 5) is 12.3. The van der Waals surface area contributed by atoms with Crippen LogP contribution >= 0.6 is 11.6 Å². The summed E-state index contributed by atoms with van der Waals surface area (Å²) in [5.41, 5.74) is 0.0129. The Morgan fingerprint density at radius 2 is 2.21 bits per heavy atom. The molecule has 1 heterocycles. The Morgan fingerprint density at radius 1 is 1.53 bits per heavy atom. The van der Waals surface area contributed by atoms with Crippen LogP contribution in [0.15, 0.2) is 24.3 Å². The number of rotatable bonds is 4. The topological polar surface area (TPSA) is 47.6 Å². The SMILES string of the molecule is CCOC(=O)C1(Nc2ccc(Cl)cc2)CCOC1C. The minimum absolute atomic E-state index is 0.234. The van der Waals surface area contributed by atoms with Crippen LogP contribution in [-0.4, -0.2) is 30.8 Å². The number of carbonyl (C=O) groups is 1. The molecular formula is C14H18ClNO3. The molecule has 0 saturated carbocycles. The Morgan fingerprint density at radius 3 is 2.74 bits per heavy atom. The van der Waals surface area contributed by atoms with E-state index in [-0.39, 0.29) is 12.1 Å². The van der Waals surface area contributed by atoms with Crippen molar-refractivity contribution in [3.8, 4) is 0 Å². The van der Waals surface area contributed by atoms with Crippen molar-refractivity contribution in [2.24, 2.45) is 0 Å². The predicted octanol–water partition coefficient (Wildman–Crippen LogP) is 2.86. The van der Waals surface area contributed by atoms with E-state index in [9.17, 15) is 4.79 Å². The molecule has 1 N–H and O–H groups in total. The second-order valence-corrected chi connectivity index (χ2v) is 5.02. The molecule has 4 nitrogen and oxygen atoms in total. The van der Waals surface area contributed by atoms with Gasteiger partial charge in [0.1, 0.15) is 0 Å². The van der Waals surface area contributed by atoms with Crippen molar-refractivity contribution >= 4 is 23.3 Å². The number of hydrogen-bond donors (Lipinski definition) is 1. The van der Waals surface area contributed by atoms with Crippen LogP contribution in [0, 0.1) is 0 Å². The first-order chi connectivity index (χ1) is 9.08. The second-order valence-electron chi connectivity index (χ2n) is 4.59. The van der Waals surface area contributed by atoms with Crippen LogP contribution in [-0.2, 0) is 14.3 Å². The average molecular weight is 284 g/mol. The molecule has 5 heteroatoms. The van der Waals surface area contributed by atoms with Crippen molar-refractivity contribution in [2.75, 3.05) is 18.5 Å². The van der Waals surface area contributed by atoms with Gasteiger partial charge < -0.3 is 14.8 Å². The molecule has 1 fully saturated rings. The largest absolute Gasteiger partial charge is 0.464 e. The molecule has 0 aliphatic carbocycles. The molecule has 0 radical (unpaired) electrons. The van der Waals surface area contributed by atoms with E-state index in [0.29, 0.717) is 24.7 Å². The third-order valence-electron chi connectivity index (χ3n) is 3.41. The minimum atomic E-state index is -0.816. The molecule has 1 aliphatic rings. The molecule has 1 aromatic rings. The molecular weight excluding hydrogens is 266 g/mol. The quantitative estimate of drug-likeness (QED) is 0.863. The van der Waals surface area contributed by atoms with Gasteiger partial charge in [0.05, 0.1) is 12.7 Å². The third-order valence-corrected chi connectivity index (χ3v) is 3.66. The van der Waals surface area contributed by atoms with Crippen LogP contribution in [0.25, 0.3) is 0 Å². The molecule has 1 aromatic carbocycles. The van der Waals surface area contributed by atoms with Crippen LogP contribution in [0.5, 0.6) is 0 Å². The van der Waals surface area contributed by atoms with Crippen molar-refractivity contribution in [2.45, 2.75) is 31.9 Å². The number of nitrogens with one attached hydrogen (secondary N) is 1. The van der Waals surface area contributed by atoms with Crippen LogP contribution in [0.3, 0.4) is 0 Å². The molecule has 2 rings (SSSR count). The fourth-order valence-corrected chi connectivity index (χ4v) is 2.40. The van der Waals surface area contributed by atoms with Crippen molar-refractivity contribution in [3.05, 3.63) is 29.3 Å². The van der Waals surface area contributed by atoms with E-state index < -0.39 is 5.54 Å². The van der Waals surface area contributed by atoms with Gasteiger partial charge in [0.25, 0.3) is 0 Å². The molecule has 0 aromatic heterocycles. The van der Waals surface area contributed by atoms with Gasteiger partial charge in [0.2, 0.25) is 0 Å². The van der Waals surface area contributed by atoms with Gasteiger partial charge in [0.15, 0.2) is 5.54 Å². The number of carbonyl (C=O) groups excluding carboxylic acids is 1. The highest BCUT2D eigenvalue weighted by Crippen LogP contribution is 2.31. The van der Waals surface area contributed by atoms with Crippen LogP contribution in [0.4, 0.5) is 5.69 Å². The summed E-state index contributed by atoms with van der Waals surface area (Å²) in [5, 5.41) is 3.92. The molecule has 2 atom stereocenters. The summed E-state index contributed by atoms with van der Waals surface area (Å²) in [7, 11) is 0. The number of anilines is 1. The Bertz CT molecular complexity index is 449. The standard InChI is InChI=1S/C14H18ClNO3/c1-3-18-13(17)14(8-9-19-10(14)2)16-12-6-4-11(15)5-7-12/h4-7,10,16H,3,8-9H2,1-2H3. The van der Waals surface area contributed by atoms with Crippen LogP contribution in [0.1, 0.15) is 20.3 Å². The summed E-state index contributed by atoms with van der Waals surface area (Å²) in [6, 6.07) is 7.25. The maximum atomic E-state index is 12.3. The van der Waals surface area contributed by atoms with E-state index in [1.165, 1.54) is 0 Å². The lowest BCUT2D eigenvalue weighted by molar-refractivity contribution is -0.150. The highest BCUT2D eigenvalue weighted by molar-refractivity contribution is 6.30. The normalized spacial score (nSPS) is 26.2. The predicted molar refractivity (Wildman–Crippen MR) is 74.5 cm³/mol. The third kappa shape index (κ3) is 2.85.